The molecule has 0 bridgehead atoms. The molecule has 0 heterocycles. The van der Waals surface area contributed by atoms with Crippen molar-refractivity contribution in [2.75, 3.05) is 0 Å². The van der Waals surface area contributed by atoms with Crippen molar-refractivity contribution in [1.82, 2.24) is 0 Å². The second-order valence-corrected chi connectivity index (χ2v) is 5.48. The highest BCUT2D eigenvalue weighted by molar-refractivity contribution is 5.58. The van der Waals surface area contributed by atoms with Crippen molar-refractivity contribution in [2.45, 2.75) is 13.8 Å². The van der Waals surface area contributed by atoms with E-state index in [1.54, 1.807) is 0 Å². The van der Waals surface area contributed by atoms with Crippen LogP contribution in [0.1, 0.15) is 27.8 Å². The van der Waals surface area contributed by atoms with E-state index in [1.807, 2.05) is 0 Å². The molecule has 0 nitrogen and oxygen atoms in total. The van der Waals surface area contributed by atoms with Crippen molar-refractivity contribution in [1.29, 1.82) is 0 Å². The maximum absolute atomic E-state index is 2.25. The molecular formula is C21H19. The fourth-order valence-corrected chi connectivity index (χ4v) is 2.71. The Bertz CT molecular complexity index is 680. The van der Waals surface area contributed by atoms with Crippen LogP contribution in [0.2, 0.25) is 0 Å². The lowest BCUT2D eigenvalue weighted by molar-refractivity contribution is 1.21. The lowest BCUT2D eigenvalue weighted by atomic mass is 9.84. The Labute approximate surface area is 127 Å². The lowest BCUT2D eigenvalue weighted by Crippen LogP contribution is -2.04. The third-order valence-corrected chi connectivity index (χ3v) is 3.68. The van der Waals surface area contributed by atoms with E-state index in [2.05, 4.69) is 92.7 Å². The molecular weight excluding hydrogens is 252 g/mol. The van der Waals surface area contributed by atoms with E-state index in [-0.39, 0.29) is 0 Å². The van der Waals surface area contributed by atoms with Gasteiger partial charge in [0, 0.05) is 0 Å². The first kappa shape index (κ1) is 13.6. The van der Waals surface area contributed by atoms with E-state index in [0.717, 1.165) is 0 Å². The van der Waals surface area contributed by atoms with Crippen LogP contribution in [0.4, 0.5) is 0 Å². The van der Waals surface area contributed by atoms with Crippen molar-refractivity contribution >= 4 is 0 Å². The van der Waals surface area contributed by atoms with Gasteiger partial charge in [-0.25, -0.2) is 0 Å². The minimum absolute atomic E-state index is 1.26. The second-order valence-electron chi connectivity index (χ2n) is 5.48. The highest BCUT2D eigenvalue weighted by atomic mass is 14.2. The summed E-state index contributed by atoms with van der Waals surface area (Å²) < 4.78 is 0. The first-order valence-electron chi connectivity index (χ1n) is 7.30. The average molecular weight is 271 g/mol. The minimum atomic E-state index is 1.26. The first-order chi connectivity index (χ1) is 10.2. The van der Waals surface area contributed by atoms with Gasteiger partial charge in [-0.3, -0.25) is 0 Å². The van der Waals surface area contributed by atoms with Crippen LogP contribution in [0.25, 0.3) is 0 Å². The topological polar surface area (TPSA) is 0 Å². The monoisotopic (exact) mass is 271 g/mol. The lowest BCUT2D eigenvalue weighted by Gasteiger charge is -2.19. The van der Waals surface area contributed by atoms with Crippen LogP contribution in [0, 0.1) is 19.8 Å². The summed E-state index contributed by atoms with van der Waals surface area (Å²) in [5.74, 6) is 1.29. The molecule has 0 aliphatic heterocycles. The van der Waals surface area contributed by atoms with Crippen molar-refractivity contribution in [3.8, 4) is 0 Å². The van der Waals surface area contributed by atoms with Crippen LogP contribution in [-0.2, 0) is 0 Å². The van der Waals surface area contributed by atoms with E-state index in [9.17, 15) is 0 Å². The summed E-state index contributed by atoms with van der Waals surface area (Å²) >= 11 is 0. The van der Waals surface area contributed by atoms with Gasteiger partial charge in [0.15, 0.2) is 0 Å². The minimum Gasteiger partial charge on any atom is -0.0622 e. The molecule has 0 aromatic heterocycles. The zero-order valence-electron chi connectivity index (χ0n) is 12.5. The summed E-state index contributed by atoms with van der Waals surface area (Å²) in [6.45, 7) is 4.28. The van der Waals surface area contributed by atoms with Gasteiger partial charge in [-0.05, 0) is 30.5 Å². The average Bonchev–Trinajstić information content (AvgIpc) is 2.49. The molecule has 0 N–H and O–H groups in total. The molecule has 0 unspecified atom stereocenters. The Morgan fingerprint density at radius 1 is 0.524 bits per heavy atom. The zero-order chi connectivity index (χ0) is 14.7. The van der Waals surface area contributed by atoms with Gasteiger partial charge in [0.05, 0.1) is 5.92 Å². The van der Waals surface area contributed by atoms with Gasteiger partial charge >= 0.3 is 0 Å². The molecule has 103 valence electrons. The summed E-state index contributed by atoms with van der Waals surface area (Å²) in [7, 11) is 0. The predicted octanol–water partition coefficient (Wildman–Crippen LogP) is 5.32. The molecule has 1 radical (unpaired) electrons. The van der Waals surface area contributed by atoms with Gasteiger partial charge in [-0.2, -0.15) is 0 Å². The summed E-state index contributed by atoms with van der Waals surface area (Å²) in [6, 6.07) is 28.1. The first-order valence-corrected chi connectivity index (χ1v) is 7.30. The number of hydrogen-bond donors (Lipinski definition) is 0. The molecule has 0 aliphatic rings. The summed E-state index contributed by atoms with van der Waals surface area (Å²) in [5.41, 5.74) is 6.37. The van der Waals surface area contributed by atoms with E-state index >= 15 is 0 Å². The maximum Gasteiger partial charge on any atom is 0.0629 e. The van der Waals surface area contributed by atoms with Crippen LogP contribution < -0.4 is 0 Å². The zero-order valence-corrected chi connectivity index (χ0v) is 12.5. The highest BCUT2D eigenvalue weighted by Gasteiger charge is 2.17. The van der Waals surface area contributed by atoms with Gasteiger partial charge in [0.2, 0.25) is 0 Å². The van der Waals surface area contributed by atoms with Crippen LogP contribution >= 0.6 is 0 Å². The molecule has 0 heteroatoms. The van der Waals surface area contributed by atoms with Crippen LogP contribution in [-0.4, -0.2) is 0 Å². The van der Waals surface area contributed by atoms with E-state index < -0.39 is 0 Å². The predicted molar refractivity (Wildman–Crippen MR) is 89.3 cm³/mol. The molecule has 3 aromatic rings. The SMILES string of the molecule is Cc1cccc([C](c2ccccc2)c2cccc(C)c2)c1. The van der Waals surface area contributed by atoms with Crippen molar-refractivity contribution in [2.24, 2.45) is 0 Å². The Morgan fingerprint density at radius 2 is 1.00 bits per heavy atom. The number of aryl methyl sites for hydroxylation is 2. The molecule has 0 atom stereocenters. The summed E-state index contributed by atoms with van der Waals surface area (Å²) in [4.78, 5) is 0. The van der Waals surface area contributed by atoms with Crippen LogP contribution in [0.5, 0.6) is 0 Å². The second kappa shape index (κ2) is 5.97. The Hall–Kier alpha value is -2.34. The molecule has 0 amide bonds. The van der Waals surface area contributed by atoms with Crippen LogP contribution in [0.3, 0.4) is 0 Å². The van der Waals surface area contributed by atoms with E-state index in [4.69, 9.17) is 0 Å². The molecule has 0 saturated carbocycles. The summed E-state index contributed by atoms with van der Waals surface area (Å²) in [5, 5.41) is 0. The van der Waals surface area contributed by atoms with Gasteiger partial charge in [-0.15, -0.1) is 0 Å². The Morgan fingerprint density at radius 3 is 1.48 bits per heavy atom. The van der Waals surface area contributed by atoms with Crippen molar-refractivity contribution in [3.63, 3.8) is 0 Å². The van der Waals surface area contributed by atoms with Gasteiger partial charge in [0.25, 0.3) is 0 Å². The standard InChI is InChI=1S/C21H19/c1-16-8-6-12-19(14-16)21(18-10-4-3-5-11-18)20-13-7-9-17(2)15-20/h3-15H,1-2H3. The molecule has 3 aromatic carbocycles. The number of hydrogen-bond acceptors (Lipinski definition) is 0. The molecule has 0 spiro atoms. The number of benzene rings is 3. The van der Waals surface area contributed by atoms with E-state index in [0.29, 0.717) is 0 Å². The highest BCUT2D eigenvalue weighted by Crippen LogP contribution is 2.31. The Kier molecular flexibility index (Phi) is 3.87. The smallest absolute Gasteiger partial charge is 0.0622 e. The molecule has 21 heavy (non-hydrogen) atoms. The van der Waals surface area contributed by atoms with Gasteiger partial charge in [0.1, 0.15) is 0 Å². The molecule has 3 rings (SSSR count). The molecule has 0 fully saturated rings. The number of rotatable bonds is 3. The normalized spacial score (nSPS) is 10.8. The van der Waals surface area contributed by atoms with E-state index in [1.165, 1.54) is 33.7 Å². The molecule has 0 saturated heterocycles. The molecule has 0 aliphatic carbocycles. The fourth-order valence-electron chi connectivity index (χ4n) is 2.71. The Balaban J connectivity index is 2.16. The van der Waals surface area contributed by atoms with Gasteiger partial charge < -0.3 is 0 Å². The van der Waals surface area contributed by atoms with Gasteiger partial charge in [-0.1, -0.05) is 90.0 Å². The third-order valence-electron chi connectivity index (χ3n) is 3.68. The third kappa shape index (κ3) is 3.05. The largest absolute Gasteiger partial charge is 0.0629 e. The van der Waals surface area contributed by atoms with Crippen molar-refractivity contribution < 1.29 is 0 Å². The van der Waals surface area contributed by atoms with Crippen LogP contribution in [0.15, 0.2) is 78.9 Å². The fraction of sp³-hybridized carbons (Fsp3) is 0.0952. The summed E-state index contributed by atoms with van der Waals surface area (Å²) in [6.07, 6.45) is 0. The quantitative estimate of drug-likeness (QED) is 0.565. The maximum atomic E-state index is 2.25. The van der Waals surface area contributed by atoms with Crippen molar-refractivity contribution in [3.05, 3.63) is 113 Å².